The summed E-state index contributed by atoms with van der Waals surface area (Å²) >= 11 is 1.69. The van der Waals surface area contributed by atoms with Gasteiger partial charge in [-0.25, -0.2) is 4.98 Å². The van der Waals surface area contributed by atoms with Gasteiger partial charge in [0.05, 0.1) is 24.1 Å². The van der Waals surface area contributed by atoms with Crippen LogP contribution in [0.5, 0.6) is 0 Å². The SMILES string of the molecule is O=c1[nH]c(N2CCOC(c3cccs3)C2)nc2ccccc12. The molecular formula is C16H15N3O2S. The number of morpholine rings is 1. The second kappa shape index (κ2) is 5.55. The first kappa shape index (κ1) is 13.5. The van der Waals surface area contributed by atoms with E-state index in [1.165, 1.54) is 4.88 Å². The molecule has 1 saturated heterocycles. The molecule has 0 aliphatic carbocycles. The highest BCUT2D eigenvalue weighted by Gasteiger charge is 2.24. The van der Waals surface area contributed by atoms with E-state index in [9.17, 15) is 4.79 Å². The van der Waals surface area contributed by atoms with E-state index in [0.717, 1.165) is 12.1 Å². The molecule has 1 aliphatic heterocycles. The fourth-order valence-corrected chi connectivity index (χ4v) is 3.48. The Hall–Kier alpha value is -2.18. The highest BCUT2D eigenvalue weighted by atomic mass is 32.1. The third-order valence-corrected chi connectivity index (χ3v) is 4.79. The Morgan fingerprint density at radius 3 is 3.05 bits per heavy atom. The lowest BCUT2D eigenvalue weighted by Crippen LogP contribution is -2.39. The van der Waals surface area contributed by atoms with Crippen molar-refractivity contribution in [2.24, 2.45) is 0 Å². The van der Waals surface area contributed by atoms with Crippen molar-refractivity contribution in [2.45, 2.75) is 6.10 Å². The summed E-state index contributed by atoms with van der Waals surface area (Å²) in [5.74, 6) is 0.619. The van der Waals surface area contributed by atoms with Crippen LogP contribution in [0.1, 0.15) is 11.0 Å². The van der Waals surface area contributed by atoms with Gasteiger partial charge in [0.15, 0.2) is 0 Å². The van der Waals surface area contributed by atoms with Crippen molar-refractivity contribution in [3.05, 3.63) is 57.0 Å². The lowest BCUT2D eigenvalue weighted by molar-refractivity contribution is 0.0415. The van der Waals surface area contributed by atoms with E-state index in [-0.39, 0.29) is 11.7 Å². The highest BCUT2D eigenvalue weighted by molar-refractivity contribution is 7.10. The van der Waals surface area contributed by atoms with Crippen molar-refractivity contribution >= 4 is 28.2 Å². The third-order valence-electron chi connectivity index (χ3n) is 3.83. The Kier molecular flexibility index (Phi) is 3.40. The lowest BCUT2D eigenvalue weighted by Gasteiger charge is -2.32. The molecule has 1 atom stereocenters. The molecule has 22 heavy (non-hydrogen) atoms. The van der Waals surface area contributed by atoms with Crippen LogP contribution in [0.4, 0.5) is 5.95 Å². The molecule has 1 N–H and O–H groups in total. The van der Waals surface area contributed by atoms with Crippen LogP contribution in [0.3, 0.4) is 0 Å². The third kappa shape index (κ3) is 2.40. The van der Waals surface area contributed by atoms with Crippen LogP contribution in [0, 0.1) is 0 Å². The molecule has 0 radical (unpaired) electrons. The summed E-state index contributed by atoms with van der Waals surface area (Å²) in [7, 11) is 0. The van der Waals surface area contributed by atoms with Crippen LogP contribution in [-0.2, 0) is 4.74 Å². The van der Waals surface area contributed by atoms with Crippen LogP contribution in [0.25, 0.3) is 10.9 Å². The highest BCUT2D eigenvalue weighted by Crippen LogP contribution is 2.27. The van der Waals surface area contributed by atoms with E-state index in [0.29, 0.717) is 24.5 Å². The maximum atomic E-state index is 12.2. The molecule has 1 aliphatic rings. The minimum absolute atomic E-state index is 0.0329. The van der Waals surface area contributed by atoms with Gasteiger partial charge in [-0.15, -0.1) is 11.3 Å². The van der Waals surface area contributed by atoms with Gasteiger partial charge in [0.25, 0.3) is 5.56 Å². The quantitative estimate of drug-likeness (QED) is 0.790. The number of fused-ring (bicyclic) bond motifs is 1. The predicted molar refractivity (Wildman–Crippen MR) is 87.6 cm³/mol. The van der Waals surface area contributed by atoms with Gasteiger partial charge in [-0.2, -0.15) is 0 Å². The second-order valence-corrected chi connectivity index (χ2v) is 6.21. The summed E-state index contributed by atoms with van der Waals surface area (Å²) in [5.41, 5.74) is 0.625. The summed E-state index contributed by atoms with van der Waals surface area (Å²) in [6, 6.07) is 11.5. The zero-order valence-corrected chi connectivity index (χ0v) is 12.7. The van der Waals surface area contributed by atoms with Gasteiger partial charge in [0.2, 0.25) is 5.95 Å². The van der Waals surface area contributed by atoms with Gasteiger partial charge in [0, 0.05) is 11.4 Å². The number of rotatable bonds is 2. The molecule has 3 heterocycles. The zero-order chi connectivity index (χ0) is 14.9. The average molecular weight is 313 g/mol. The monoisotopic (exact) mass is 313 g/mol. The molecule has 0 spiro atoms. The Morgan fingerprint density at radius 1 is 1.27 bits per heavy atom. The van der Waals surface area contributed by atoms with Gasteiger partial charge in [0.1, 0.15) is 6.10 Å². The topological polar surface area (TPSA) is 58.2 Å². The number of H-pyrrole nitrogens is 1. The summed E-state index contributed by atoms with van der Waals surface area (Å²) in [6.45, 7) is 2.05. The van der Waals surface area contributed by atoms with E-state index in [1.54, 1.807) is 17.4 Å². The van der Waals surface area contributed by atoms with Crippen molar-refractivity contribution in [3.8, 4) is 0 Å². The summed E-state index contributed by atoms with van der Waals surface area (Å²) in [4.78, 5) is 23.0. The fraction of sp³-hybridized carbons (Fsp3) is 0.250. The molecule has 4 rings (SSSR count). The molecule has 112 valence electrons. The largest absolute Gasteiger partial charge is 0.369 e. The number of ether oxygens (including phenoxy) is 1. The molecule has 0 saturated carbocycles. The number of anilines is 1. The first-order valence-electron chi connectivity index (χ1n) is 7.20. The van der Waals surface area contributed by atoms with Gasteiger partial charge >= 0.3 is 0 Å². The van der Waals surface area contributed by atoms with Crippen molar-refractivity contribution in [2.75, 3.05) is 24.6 Å². The number of thiophene rings is 1. The second-order valence-electron chi connectivity index (χ2n) is 5.23. The Bertz CT molecular complexity index is 844. The van der Waals surface area contributed by atoms with Gasteiger partial charge in [-0.3, -0.25) is 9.78 Å². The van der Waals surface area contributed by atoms with E-state index >= 15 is 0 Å². The summed E-state index contributed by atoms with van der Waals surface area (Å²) < 4.78 is 5.84. The van der Waals surface area contributed by atoms with Crippen LogP contribution in [-0.4, -0.2) is 29.7 Å². The smallest absolute Gasteiger partial charge is 0.260 e. The molecule has 3 aromatic rings. The van der Waals surface area contributed by atoms with Gasteiger partial charge < -0.3 is 9.64 Å². The molecular weight excluding hydrogens is 298 g/mol. The number of hydrogen-bond acceptors (Lipinski definition) is 5. The molecule has 0 bridgehead atoms. The minimum Gasteiger partial charge on any atom is -0.369 e. The van der Waals surface area contributed by atoms with Crippen molar-refractivity contribution in [1.82, 2.24) is 9.97 Å². The number of nitrogens with zero attached hydrogens (tertiary/aromatic N) is 2. The normalized spacial score (nSPS) is 18.7. The Labute approximate surface area is 131 Å². The number of hydrogen-bond donors (Lipinski definition) is 1. The molecule has 6 heteroatoms. The lowest BCUT2D eigenvalue weighted by atomic mass is 10.2. The van der Waals surface area contributed by atoms with Crippen LogP contribution in [0.15, 0.2) is 46.6 Å². The zero-order valence-electron chi connectivity index (χ0n) is 11.9. The van der Waals surface area contributed by atoms with E-state index in [4.69, 9.17) is 4.74 Å². The molecule has 5 nitrogen and oxygen atoms in total. The van der Waals surface area contributed by atoms with E-state index in [2.05, 4.69) is 20.9 Å². The average Bonchev–Trinajstić information content (AvgIpc) is 3.09. The van der Waals surface area contributed by atoms with Crippen molar-refractivity contribution < 1.29 is 4.74 Å². The standard InChI is InChI=1S/C16H15N3O2S/c20-15-11-4-1-2-5-12(11)17-16(18-15)19-7-8-21-13(10-19)14-6-3-9-22-14/h1-6,9,13H,7-8,10H2,(H,17,18,20). The Morgan fingerprint density at radius 2 is 2.18 bits per heavy atom. The van der Waals surface area contributed by atoms with Crippen LogP contribution in [0.2, 0.25) is 0 Å². The van der Waals surface area contributed by atoms with Gasteiger partial charge in [-0.05, 0) is 23.6 Å². The maximum absolute atomic E-state index is 12.2. The van der Waals surface area contributed by atoms with E-state index in [1.807, 2.05) is 29.6 Å². The first-order chi connectivity index (χ1) is 10.8. The van der Waals surface area contributed by atoms with Crippen molar-refractivity contribution in [1.29, 1.82) is 0 Å². The van der Waals surface area contributed by atoms with Crippen LogP contribution < -0.4 is 10.5 Å². The number of nitrogens with one attached hydrogen (secondary N) is 1. The molecule has 1 unspecified atom stereocenters. The number of aromatic nitrogens is 2. The molecule has 1 aromatic carbocycles. The molecule has 2 aromatic heterocycles. The Balaban J connectivity index is 1.68. The van der Waals surface area contributed by atoms with E-state index < -0.39 is 0 Å². The number of benzene rings is 1. The number of para-hydroxylation sites is 1. The predicted octanol–water partition coefficient (Wildman–Crippen LogP) is 2.56. The van der Waals surface area contributed by atoms with Crippen LogP contribution >= 0.6 is 11.3 Å². The summed E-state index contributed by atoms with van der Waals surface area (Å²) in [6.07, 6.45) is 0.0329. The fourth-order valence-electron chi connectivity index (χ4n) is 2.71. The first-order valence-corrected chi connectivity index (χ1v) is 8.08. The maximum Gasteiger partial charge on any atom is 0.260 e. The number of aromatic amines is 1. The molecule has 1 fully saturated rings. The minimum atomic E-state index is -0.0974. The van der Waals surface area contributed by atoms with Crippen molar-refractivity contribution in [3.63, 3.8) is 0 Å². The molecule has 0 amide bonds. The van der Waals surface area contributed by atoms with Gasteiger partial charge in [-0.1, -0.05) is 18.2 Å². The summed E-state index contributed by atoms with van der Waals surface area (Å²) in [5, 5.41) is 2.67.